The zero-order valence-corrected chi connectivity index (χ0v) is 19.8. The van der Waals surface area contributed by atoms with Gasteiger partial charge in [0, 0.05) is 33.2 Å². The Hall–Kier alpha value is -3.00. The predicted molar refractivity (Wildman–Crippen MR) is 132 cm³/mol. The molecule has 3 aromatic rings. The van der Waals surface area contributed by atoms with Crippen LogP contribution in [-0.4, -0.2) is 49.6 Å². The molecule has 0 spiro atoms. The Labute approximate surface area is 198 Å². The van der Waals surface area contributed by atoms with Gasteiger partial charge in [-0.1, -0.05) is 42.5 Å². The summed E-state index contributed by atoms with van der Waals surface area (Å²) in [6.45, 7) is 6.01. The highest BCUT2D eigenvalue weighted by Gasteiger charge is 2.20. The normalized spacial score (nSPS) is 16.4. The Bertz CT molecular complexity index is 1100. The molecule has 1 aliphatic heterocycles. The number of ether oxygens (including phenoxy) is 1. The number of rotatable bonds is 7. The average Bonchev–Trinajstić information content (AvgIpc) is 3.37. The number of carbonyl (C=O) groups excluding carboxylic acids is 2. The molecule has 2 heterocycles. The van der Waals surface area contributed by atoms with Crippen molar-refractivity contribution in [3.63, 3.8) is 0 Å². The smallest absolute Gasteiger partial charge is 0.268 e. The first-order valence-corrected chi connectivity index (χ1v) is 12.0. The van der Waals surface area contributed by atoms with Crippen LogP contribution in [0.5, 0.6) is 0 Å². The number of nitrogens with zero attached hydrogens (tertiary/aromatic N) is 2. The molecule has 1 fully saturated rings. The Morgan fingerprint density at radius 1 is 1.12 bits per heavy atom. The lowest BCUT2D eigenvalue weighted by molar-refractivity contribution is -0.0212. The second-order valence-corrected chi connectivity index (χ2v) is 9.23. The molecule has 2 aromatic carbocycles. The number of hydrogen-bond donors (Lipinski definition) is 1. The second-order valence-electron chi connectivity index (χ2n) is 8.28. The van der Waals surface area contributed by atoms with E-state index < -0.39 is 0 Å². The van der Waals surface area contributed by atoms with Gasteiger partial charge >= 0.3 is 0 Å². The fourth-order valence-corrected chi connectivity index (χ4v) is 4.74. The molecule has 7 heteroatoms. The minimum atomic E-state index is -0.205. The number of benzene rings is 2. The summed E-state index contributed by atoms with van der Waals surface area (Å²) in [7, 11) is 1.70. The molecule has 1 atom stereocenters. The van der Waals surface area contributed by atoms with Crippen LogP contribution in [0.25, 0.3) is 0 Å². The lowest BCUT2D eigenvalue weighted by Gasteiger charge is -2.31. The van der Waals surface area contributed by atoms with Crippen molar-refractivity contribution in [3.05, 3.63) is 87.6 Å². The van der Waals surface area contributed by atoms with Crippen LogP contribution in [0.15, 0.2) is 66.0 Å². The van der Waals surface area contributed by atoms with Gasteiger partial charge in [0.15, 0.2) is 0 Å². The van der Waals surface area contributed by atoms with Gasteiger partial charge < -0.3 is 15.0 Å². The summed E-state index contributed by atoms with van der Waals surface area (Å²) in [5.74, 6) is -0.334. The molecule has 0 aliphatic carbocycles. The average molecular weight is 464 g/mol. The third-order valence-corrected chi connectivity index (χ3v) is 6.58. The number of nitrogens with one attached hydrogen (secondary N) is 1. The third kappa shape index (κ3) is 5.87. The summed E-state index contributed by atoms with van der Waals surface area (Å²) in [4.78, 5) is 30.4. The number of carbonyl (C=O) groups is 2. The summed E-state index contributed by atoms with van der Waals surface area (Å²) < 4.78 is 5.63. The van der Waals surface area contributed by atoms with E-state index in [0.29, 0.717) is 22.7 Å². The van der Waals surface area contributed by atoms with E-state index in [-0.39, 0.29) is 17.9 Å². The molecule has 1 saturated heterocycles. The highest BCUT2D eigenvalue weighted by molar-refractivity contribution is 7.12. The Morgan fingerprint density at radius 3 is 2.73 bits per heavy atom. The predicted octanol–water partition coefficient (Wildman–Crippen LogP) is 4.18. The molecule has 1 aromatic heterocycles. The zero-order chi connectivity index (χ0) is 23.2. The van der Waals surface area contributed by atoms with Crippen LogP contribution < -0.4 is 10.2 Å². The quantitative estimate of drug-likeness (QED) is 0.571. The molecule has 1 aliphatic rings. The molecule has 4 rings (SSSR count). The topological polar surface area (TPSA) is 61.9 Å². The van der Waals surface area contributed by atoms with Gasteiger partial charge in [-0.15, -0.1) is 11.3 Å². The Balaban J connectivity index is 1.41. The van der Waals surface area contributed by atoms with E-state index in [9.17, 15) is 9.59 Å². The minimum absolute atomic E-state index is 0.129. The van der Waals surface area contributed by atoms with E-state index in [1.807, 2.05) is 35.7 Å². The van der Waals surface area contributed by atoms with Crippen LogP contribution >= 0.6 is 11.3 Å². The molecular weight excluding hydrogens is 434 g/mol. The molecule has 1 unspecified atom stereocenters. The van der Waals surface area contributed by atoms with Gasteiger partial charge in [0.1, 0.15) is 0 Å². The molecule has 172 valence electrons. The van der Waals surface area contributed by atoms with E-state index in [1.165, 1.54) is 21.8 Å². The number of anilines is 1. The summed E-state index contributed by atoms with van der Waals surface area (Å²) in [5.41, 5.74) is 3.33. The van der Waals surface area contributed by atoms with Crippen molar-refractivity contribution < 1.29 is 14.3 Å². The maximum atomic E-state index is 13.0. The molecule has 2 amide bonds. The van der Waals surface area contributed by atoms with Crippen LogP contribution in [0.2, 0.25) is 0 Å². The molecule has 0 radical (unpaired) electrons. The Kier molecular flexibility index (Phi) is 7.54. The maximum Gasteiger partial charge on any atom is 0.268 e. The third-order valence-electron chi connectivity index (χ3n) is 5.72. The summed E-state index contributed by atoms with van der Waals surface area (Å²) in [6.07, 6.45) is 0.256. The van der Waals surface area contributed by atoms with Gasteiger partial charge in [0.25, 0.3) is 11.8 Å². The number of para-hydroxylation sites is 1. The molecule has 33 heavy (non-hydrogen) atoms. The van der Waals surface area contributed by atoms with Crippen molar-refractivity contribution in [1.29, 1.82) is 0 Å². The largest absolute Gasteiger partial charge is 0.376 e. The summed E-state index contributed by atoms with van der Waals surface area (Å²) >= 11 is 1.39. The van der Waals surface area contributed by atoms with Crippen molar-refractivity contribution in [1.82, 2.24) is 10.2 Å². The molecular formula is C26H29N3O3S. The van der Waals surface area contributed by atoms with E-state index in [2.05, 4.69) is 29.3 Å². The second kappa shape index (κ2) is 10.7. The van der Waals surface area contributed by atoms with Crippen molar-refractivity contribution in [3.8, 4) is 0 Å². The fourth-order valence-electron chi connectivity index (χ4n) is 4.04. The number of thiophene rings is 1. The van der Waals surface area contributed by atoms with E-state index in [0.717, 1.165) is 31.8 Å². The summed E-state index contributed by atoms with van der Waals surface area (Å²) in [6, 6.07) is 19.1. The van der Waals surface area contributed by atoms with Gasteiger partial charge in [0.05, 0.1) is 28.8 Å². The molecule has 0 saturated carbocycles. The molecule has 0 bridgehead atoms. The highest BCUT2D eigenvalue weighted by Crippen LogP contribution is 2.23. The molecule has 1 N–H and O–H groups in total. The summed E-state index contributed by atoms with van der Waals surface area (Å²) in [5, 5.41) is 4.88. The zero-order valence-electron chi connectivity index (χ0n) is 19.0. The number of hydrogen-bond acceptors (Lipinski definition) is 5. The van der Waals surface area contributed by atoms with Crippen molar-refractivity contribution in [2.45, 2.75) is 26.1 Å². The van der Waals surface area contributed by atoms with Crippen molar-refractivity contribution >= 4 is 28.8 Å². The van der Waals surface area contributed by atoms with Gasteiger partial charge in [-0.3, -0.25) is 14.5 Å². The molecule has 6 nitrogen and oxygen atoms in total. The Morgan fingerprint density at radius 2 is 1.94 bits per heavy atom. The van der Waals surface area contributed by atoms with Gasteiger partial charge in [-0.2, -0.15) is 0 Å². The maximum absolute atomic E-state index is 13.0. The van der Waals surface area contributed by atoms with Crippen LogP contribution in [-0.2, 0) is 17.8 Å². The standard InChI is InChI=1S/C26H29N3O3S/c1-19-17-29(12-13-32-19)18-21-8-5-7-20(15-21)16-27-25(30)22-9-3-4-10-23(22)28(2)26(31)24-11-6-14-33-24/h3-11,14-15,19H,12-13,16-18H2,1-2H3,(H,27,30). The fraction of sp³-hybridized carbons (Fsp3) is 0.308. The van der Waals surface area contributed by atoms with Gasteiger partial charge in [0.2, 0.25) is 0 Å². The number of morpholine rings is 1. The van der Waals surface area contributed by atoms with Crippen molar-refractivity contribution in [2.75, 3.05) is 31.6 Å². The van der Waals surface area contributed by atoms with Crippen LogP contribution in [0, 0.1) is 0 Å². The van der Waals surface area contributed by atoms with Crippen LogP contribution in [0.3, 0.4) is 0 Å². The first-order valence-electron chi connectivity index (χ1n) is 11.1. The first-order chi connectivity index (χ1) is 16.0. The lowest BCUT2D eigenvalue weighted by atomic mass is 10.1. The van der Waals surface area contributed by atoms with E-state index >= 15 is 0 Å². The van der Waals surface area contributed by atoms with Crippen molar-refractivity contribution in [2.24, 2.45) is 0 Å². The van der Waals surface area contributed by atoms with Gasteiger partial charge in [-0.25, -0.2) is 0 Å². The monoisotopic (exact) mass is 463 g/mol. The van der Waals surface area contributed by atoms with Crippen LogP contribution in [0.1, 0.15) is 38.1 Å². The minimum Gasteiger partial charge on any atom is -0.376 e. The first kappa shape index (κ1) is 23.2. The van der Waals surface area contributed by atoms with E-state index in [1.54, 1.807) is 25.2 Å². The van der Waals surface area contributed by atoms with Gasteiger partial charge in [-0.05, 0) is 41.6 Å². The number of amides is 2. The highest BCUT2D eigenvalue weighted by atomic mass is 32.1. The van der Waals surface area contributed by atoms with Crippen LogP contribution in [0.4, 0.5) is 5.69 Å². The lowest BCUT2D eigenvalue weighted by Crippen LogP contribution is -2.40. The SMILES string of the molecule is CC1CN(Cc2cccc(CNC(=O)c3ccccc3N(C)C(=O)c3cccs3)c2)CCO1. The van der Waals surface area contributed by atoms with E-state index in [4.69, 9.17) is 4.74 Å².